The molecule has 1 fully saturated rings. The third kappa shape index (κ3) is 2.61. The molecule has 1 saturated heterocycles. The summed E-state index contributed by atoms with van der Waals surface area (Å²) in [4.78, 5) is 37.4. The standard InChI is InChI=1S/C13H17N3O6/c1-13(2,3)7-6-8(14-22-7)16-9(17)10(15(4)11(16)18)21-12(19)20-5/h6,10H,1-5H3. The summed E-state index contributed by atoms with van der Waals surface area (Å²) in [5.74, 6) is -0.183. The first-order valence-electron chi connectivity index (χ1n) is 6.49. The van der Waals surface area contributed by atoms with E-state index in [1.54, 1.807) is 0 Å². The number of amides is 3. The molecule has 0 N–H and O–H groups in total. The zero-order chi connectivity index (χ0) is 16.7. The molecule has 2 heterocycles. The number of urea groups is 1. The van der Waals surface area contributed by atoms with Gasteiger partial charge in [0.1, 0.15) is 5.76 Å². The Labute approximate surface area is 126 Å². The van der Waals surface area contributed by atoms with Gasteiger partial charge in [0.25, 0.3) is 12.1 Å². The van der Waals surface area contributed by atoms with Crippen molar-refractivity contribution in [1.82, 2.24) is 10.1 Å². The van der Waals surface area contributed by atoms with Crippen molar-refractivity contribution in [2.75, 3.05) is 19.1 Å². The summed E-state index contributed by atoms with van der Waals surface area (Å²) in [6.07, 6.45) is -2.45. The molecule has 0 aromatic carbocycles. The molecule has 0 bridgehead atoms. The van der Waals surface area contributed by atoms with Crippen LogP contribution in [0.15, 0.2) is 10.6 Å². The lowest BCUT2D eigenvalue weighted by molar-refractivity contribution is -0.130. The van der Waals surface area contributed by atoms with Crippen LogP contribution < -0.4 is 4.90 Å². The number of methoxy groups -OCH3 is 1. The van der Waals surface area contributed by atoms with Crippen LogP contribution in [0.3, 0.4) is 0 Å². The van der Waals surface area contributed by atoms with Crippen molar-refractivity contribution in [2.24, 2.45) is 0 Å². The number of nitrogens with zero attached hydrogens (tertiary/aromatic N) is 3. The second-order valence-corrected chi connectivity index (χ2v) is 5.79. The van der Waals surface area contributed by atoms with Crippen molar-refractivity contribution in [3.63, 3.8) is 0 Å². The second kappa shape index (κ2) is 5.32. The Morgan fingerprint density at radius 2 is 2.00 bits per heavy atom. The topological polar surface area (TPSA) is 102 Å². The Kier molecular flexibility index (Phi) is 3.82. The van der Waals surface area contributed by atoms with Crippen molar-refractivity contribution < 1.29 is 28.4 Å². The van der Waals surface area contributed by atoms with Crippen molar-refractivity contribution in [2.45, 2.75) is 32.4 Å². The number of carbonyl (C=O) groups is 3. The number of hydrogen-bond donors (Lipinski definition) is 0. The van der Waals surface area contributed by atoms with E-state index in [0.29, 0.717) is 5.76 Å². The molecule has 1 aliphatic heterocycles. The molecule has 1 atom stereocenters. The molecule has 0 aliphatic carbocycles. The van der Waals surface area contributed by atoms with Crippen LogP contribution in [0.1, 0.15) is 26.5 Å². The van der Waals surface area contributed by atoms with Gasteiger partial charge < -0.3 is 14.0 Å². The normalized spacial score (nSPS) is 18.9. The molecule has 1 aromatic heterocycles. The van der Waals surface area contributed by atoms with E-state index < -0.39 is 24.3 Å². The predicted molar refractivity (Wildman–Crippen MR) is 73.1 cm³/mol. The minimum atomic E-state index is -1.39. The zero-order valence-electron chi connectivity index (χ0n) is 12.9. The highest BCUT2D eigenvalue weighted by Crippen LogP contribution is 2.29. The molecule has 1 aromatic rings. The molecular weight excluding hydrogens is 294 g/mol. The Morgan fingerprint density at radius 3 is 2.50 bits per heavy atom. The Balaban J connectivity index is 2.28. The van der Waals surface area contributed by atoms with Crippen molar-refractivity contribution in [1.29, 1.82) is 0 Å². The number of carbonyl (C=O) groups excluding carboxylic acids is 3. The molecule has 9 nitrogen and oxygen atoms in total. The fourth-order valence-electron chi connectivity index (χ4n) is 1.83. The number of anilines is 1. The highest BCUT2D eigenvalue weighted by Gasteiger charge is 2.48. The van der Waals surface area contributed by atoms with Crippen LogP contribution in [0.2, 0.25) is 0 Å². The SMILES string of the molecule is COC(=O)OC1C(=O)N(c2cc(C(C)(C)C)on2)C(=O)N1C. The molecule has 0 radical (unpaired) electrons. The van der Waals surface area contributed by atoms with Gasteiger partial charge in [-0.05, 0) is 0 Å². The van der Waals surface area contributed by atoms with Crippen LogP contribution >= 0.6 is 0 Å². The third-order valence-corrected chi connectivity index (χ3v) is 3.12. The van der Waals surface area contributed by atoms with Crippen molar-refractivity contribution in [3.8, 4) is 0 Å². The van der Waals surface area contributed by atoms with Crippen LogP contribution in [0, 0.1) is 0 Å². The maximum Gasteiger partial charge on any atom is 0.510 e. The van der Waals surface area contributed by atoms with Gasteiger partial charge in [0, 0.05) is 18.5 Å². The lowest BCUT2D eigenvalue weighted by Gasteiger charge is -2.14. The first-order chi connectivity index (χ1) is 10.2. The van der Waals surface area contributed by atoms with Crippen molar-refractivity contribution in [3.05, 3.63) is 11.8 Å². The summed E-state index contributed by atoms with van der Waals surface area (Å²) >= 11 is 0. The number of aromatic nitrogens is 1. The average molecular weight is 311 g/mol. The van der Waals surface area contributed by atoms with Crippen LogP contribution in [-0.4, -0.2) is 48.5 Å². The zero-order valence-corrected chi connectivity index (χ0v) is 12.9. The van der Waals surface area contributed by atoms with Crippen LogP contribution in [0.5, 0.6) is 0 Å². The molecule has 9 heteroatoms. The minimum absolute atomic E-state index is 0.0442. The summed E-state index contributed by atoms with van der Waals surface area (Å²) < 4.78 is 14.3. The first-order valence-corrected chi connectivity index (χ1v) is 6.49. The van der Waals surface area contributed by atoms with E-state index in [2.05, 4.69) is 9.89 Å². The Morgan fingerprint density at radius 1 is 1.36 bits per heavy atom. The molecule has 1 aliphatic rings. The summed E-state index contributed by atoms with van der Waals surface area (Å²) in [6.45, 7) is 5.71. The van der Waals surface area contributed by atoms with Gasteiger partial charge in [-0.2, -0.15) is 0 Å². The molecule has 1 unspecified atom stereocenters. The first kappa shape index (κ1) is 15.8. The van der Waals surface area contributed by atoms with Crippen molar-refractivity contribution >= 4 is 23.9 Å². The molecule has 22 heavy (non-hydrogen) atoms. The van der Waals surface area contributed by atoms with Crippen LogP contribution in [0.4, 0.5) is 15.4 Å². The van der Waals surface area contributed by atoms with Gasteiger partial charge in [-0.25, -0.2) is 14.5 Å². The fraction of sp³-hybridized carbons (Fsp3) is 0.538. The number of hydrogen-bond acceptors (Lipinski definition) is 7. The van der Waals surface area contributed by atoms with E-state index >= 15 is 0 Å². The van der Waals surface area contributed by atoms with Crippen LogP contribution in [-0.2, 0) is 19.7 Å². The van der Waals surface area contributed by atoms with Gasteiger partial charge in [0.2, 0.25) is 0 Å². The van der Waals surface area contributed by atoms with Crippen LogP contribution in [0.25, 0.3) is 0 Å². The summed E-state index contributed by atoms with van der Waals surface area (Å²) in [5, 5.41) is 3.74. The lowest BCUT2D eigenvalue weighted by atomic mass is 9.93. The molecule has 0 spiro atoms. The fourth-order valence-corrected chi connectivity index (χ4v) is 1.83. The van der Waals surface area contributed by atoms with E-state index in [4.69, 9.17) is 9.26 Å². The number of likely N-dealkylation sites (N-methyl/N-ethyl adjacent to an activating group) is 1. The van der Waals surface area contributed by atoms with E-state index in [0.717, 1.165) is 16.9 Å². The Bertz CT molecular complexity index is 618. The number of imide groups is 1. The second-order valence-electron chi connectivity index (χ2n) is 5.79. The van der Waals surface area contributed by atoms with E-state index in [9.17, 15) is 14.4 Å². The number of ether oxygens (including phenoxy) is 2. The molecule has 0 saturated carbocycles. The van der Waals surface area contributed by atoms with Gasteiger partial charge in [-0.15, -0.1) is 0 Å². The van der Waals surface area contributed by atoms with E-state index in [1.807, 2.05) is 20.8 Å². The van der Waals surface area contributed by atoms with Gasteiger partial charge in [-0.3, -0.25) is 9.69 Å². The highest BCUT2D eigenvalue weighted by atomic mass is 16.7. The largest absolute Gasteiger partial charge is 0.510 e. The summed E-state index contributed by atoms with van der Waals surface area (Å²) in [6, 6.07) is 0.831. The van der Waals surface area contributed by atoms with Gasteiger partial charge >= 0.3 is 12.2 Å². The molecular formula is C13H17N3O6. The van der Waals surface area contributed by atoms with Gasteiger partial charge in [0.15, 0.2) is 5.82 Å². The lowest BCUT2D eigenvalue weighted by Crippen LogP contribution is -2.36. The number of rotatable bonds is 2. The minimum Gasteiger partial charge on any atom is -0.438 e. The molecule has 120 valence electrons. The average Bonchev–Trinajstić information content (AvgIpc) is 2.99. The predicted octanol–water partition coefficient (Wildman–Crippen LogP) is 1.48. The highest BCUT2D eigenvalue weighted by molar-refractivity contribution is 6.20. The molecule has 3 amide bonds. The van der Waals surface area contributed by atoms with E-state index in [1.165, 1.54) is 13.1 Å². The maximum absolute atomic E-state index is 12.3. The third-order valence-electron chi connectivity index (χ3n) is 3.12. The maximum atomic E-state index is 12.3. The quantitative estimate of drug-likeness (QED) is 0.602. The smallest absolute Gasteiger partial charge is 0.438 e. The molecule has 2 rings (SSSR count). The summed E-state index contributed by atoms with van der Waals surface area (Å²) in [7, 11) is 2.44. The van der Waals surface area contributed by atoms with Gasteiger partial charge in [0.05, 0.1) is 7.11 Å². The Hall–Kier alpha value is -2.58. The summed E-state index contributed by atoms with van der Waals surface area (Å²) in [5.41, 5.74) is -0.328. The van der Waals surface area contributed by atoms with Gasteiger partial charge in [-0.1, -0.05) is 25.9 Å². The van der Waals surface area contributed by atoms with E-state index in [-0.39, 0.29) is 11.2 Å². The monoisotopic (exact) mass is 311 g/mol.